The second-order valence-electron chi connectivity index (χ2n) is 5.55. The zero-order valence-electron chi connectivity index (χ0n) is 14.5. The molecule has 2 aromatic rings. The van der Waals surface area contributed by atoms with Gasteiger partial charge in [-0.2, -0.15) is 0 Å². The summed E-state index contributed by atoms with van der Waals surface area (Å²) in [5.74, 6) is 0. The standard InChI is InChI=1S/C22H24N2/c1-5-8-12-18(6-2)20-16-23-15-14-19(20)21(7-3)24-22-13-10-9-11-17(22)4/h5-7,9-11,13-16H,1,3,8,12H2,2,4H3/b18-6-,24-21+. The van der Waals surface area contributed by atoms with Crippen LogP contribution in [0.15, 0.2) is 79.1 Å². The van der Waals surface area contributed by atoms with E-state index in [0.717, 1.165) is 40.9 Å². The molecular weight excluding hydrogens is 292 g/mol. The molecule has 2 rings (SSSR count). The molecule has 1 aromatic heterocycles. The van der Waals surface area contributed by atoms with Gasteiger partial charge in [0.05, 0.1) is 11.4 Å². The predicted molar refractivity (Wildman–Crippen MR) is 105 cm³/mol. The molecule has 1 aromatic carbocycles. The van der Waals surface area contributed by atoms with E-state index in [4.69, 9.17) is 4.99 Å². The Labute approximate surface area is 145 Å². The maximum atomic E-state index is 4.83. The Morgan fingerprint density at radius 3 is 2.62 bits per heavy atom. The van der Waals surface area contributed by atoms with Crippen molar-refractivity contribution in [2.24, 2.45) is 4.99 Å². The van der Waals surface area contributed by atoms with E-state index >= 15 is 0 Å². The number of aliphatic imine (C=N–C) groups is 1. The minimum absolute atomic E-state index is 0.861. The molecule has 0 saturated heterocycles. The van der Waals surface area contributed by atoms with Gasteiger partial charge < -0.3 is 0 Å². The quantitative estimate of drug-likeness (QED) is 0.450. The molecule has 0 N–H and O–H groups in total. The third-order valence-corrected chi connectivity index (χ3v) is 3.96. The SMILES string of the molecule is C=CCC/C(=C/C)c1cnccc1/C(C=C)=N/c1ccccc1C. The number of allylic oxidation sites excluding steroid dienone is 4. The summed E-state index contributed by atoms with van der Waals surface area (Å²) in [4.78, 5) is 9.14. The van der Waals surface area contributed by atoms with Crippen LogP contribution in [-0.2, 0) is 0 Å². The van der Waals surface area contributed by atoms with Gasteiger partial charge in [0.2, 0.25) is 0 Å². The third-order valence-electron chi connectivity index (χ3n) is 3.96. The van der Waals surface area contributed by atoms with Gasteiger partial charge in [0.25, 0.3) is 0 Å². The van der Waals surface area contributed by atoms with Gasteiger partial charge in [0, 0.05) is 23.5 Å². The lowest BCUT2D eigenvalue weighted by Gasteiger charge is -2.12. The predicted octanol–water partition coefficient (Wildman–Crippen LogP) is 6.07. The Kier molecular flexibility index (Phi) is 6.44. The highest BCUT2D eigenvalue weighted by atomic mass is 14.8. The van der Waals surface area contributed by atoms with Crippen LogP contribution in [0.5, 0.6) is 0 Å². The fourth-order valence-corrected chi connectivity index (χ4v) is 2.60. The maximum absolute atomic E-state index is 4.83. The summed E-state index contributed by atoms with van der Waals surface area (Å²) in [6.07, 6.45) is 11.5. The first-order chi connectivity index (χ1) is 11.7. The van der Waals surface area contributed by atoms with Crippen molar-refractivity contribution in [3.05, 3.63) is 90.8 Å². The molecule has 24 heavy (non-hydrogen) atoms. The Morgan fingerprint density at radius 1 is 1.17 bits per heavy atom. The number of pyridine rings is 1. The molecule has 0 bridgehead atoms. The number of para-hydroxylation sites is 1. The molecule has 0 fully saturated rings. The summed E-state index contributed by atoms with van der Waals surface area (Å²) in [7, 11) is 0. The van der Waals surface area contributed by atoms with Crippen LogP contribution in [0.25, 0.3) is 5.57 Å². The smallest absolute Gasteiger partial charge is 0.0710 e. The van der Waals surface area contributed by atoms with E-state index in [1.54, 1.807) is 6.20 Å². The van der Waals surface area contributed by atoms with Crippen molar-refractivity contribution >= 4 is 17.0 Å². The second-order valence-corrected chi connectivity index (χ2v) is 5.55. The number of benzene rings is 1. The lowest BCUT2D eigenvalue weighted by molar-refractivity contribution is 1.06. The van der Waals surface area contributed by atoms with Gasteiger partial charge in [0.15, 0.2) is 0 Å². The minimum Gasteiger partial charge on any atom is -0.264 e. The number of hydrogen-bond acceptors (Lipinski definition) is 2. The largest absolute Gasteiger partial charge is 0.264 e. The van der Waals surface area contributed by atoms with Crippen molar-refractivity contribution in [2.45, 2.75) is 26.7 Å². The second kappa shape index (κ2) is 8.78. The number of nitrogens with zero attached hydrogens (tertiary/aromatic N) is 2. The van der Waals surface area contributed by atoms with E-state index in [9.17, 15) is 0 Å². The average molecular weight is 316 g/mol. The van der Waals surface area contributed by atoms with Crippen LogP contribution >= 0.6 is 0 Å². The van der Waals surface area contributed by atoms with E-state index in [0.29, 0.717) is 0 Å². The van der Waals surface area contributed by atoms with Crippen molar-refractivity contribution in [3.8, 4) is 0 Å². The number of aromatic nitrogens is 1. The van der Waals surface area contributed by atoms with Crippen LogP contribution in [0.2, 0.25) is 0 Å². The van der Waals surface area contributed by atoms with E-state index in [-0.39, 0.29) is 0 Å². The van der Waals surface area contributed by atoms with Gasteiger partial charge in [-0.05, 0) is 56.0 Å². The van der Waals surface area contributed by atoms with Crippen LogP contribution in [-0.4, -0.2) is 10.7 Å². The molecule has 0 aliphatic carbocycles. The summed E-state index contributed by atoms with van der Waals surface area (Å²) in [5, 5.41) is 0. The molecule has 122 valence electrons. The van der Waals surface area contributed by atoms with Crippen LogP contribution < -0.4 is 0 Å². The zero-order valence-corrected chi connectivity index (χ0v) is 14.5. The Hall–Kier alpha value is -2.74. The molecule has 2 nitrogen and oxygen atoms in total. The molecule has 0 aliphatic heterocycles. The van der Waals surface area contributed by atoms with Crippen LogP contribution in [0.3, 0.4) is 0 Å². The fraction of sp³-hybridized carbons (Fsp3) is 0.182. The van der Waals surface area contributed by atoms with Gasteiger partial charge in [-0.3, -0.25) is 4.98 Å². The Morgan fingerprint density at radius 2 is 1.96 bits per heavy atom. The molecule has 1 heterocycles. The van der Waals surface area contributed by atoms with Crippen LogP contribution in [0.4, 0.5) is 5.69 Å². The summed E-state index contributed by atoms with van der Waals surface area (Å²) >= 11 is 0. The van der Waals surface area contributed by atoms with Gasteiger partial charge >= 0.3 is 0 Å². The molecule has 0 radical (unpaired) electrons. The molecule has 2 heteroatoms. The third kappa shape index (κ3) is 4.17. The van der Waals surface area contributed by atoms with Crippen LogP contribution in [0.1, 0.15) is 36.5 Å². The summed E-state index contributed by atoms with van der Waals surface area (Å²) in [6.45, 7) is 11.9. The molecule has 0 atom stereocenters. The van der Waals surface area contributed by atoms with Crippen LogP contribution in [0, 0.1) is 6.92 Å². The Bertz CT molecular complexity index is 782. The molecule has 0 aliphatic rings. The van der Waals surface area contributed by atoms with Crippen molar-refractivity contribution in [1.29, 1.82) is 0 Å². The topological polar surface area (TPSA) is 25.2 Å². The zero-order chi connectivity index (χ0) is 17.4. The lowest BCUT2D eigenvalue weighted by Crippen LogP contribution is -2.03. The molecule has 0 saturated carbocycles. The van der Waals surface area contributed by atoms with Crippen molar-refractivity contribution in [3.63, 3.8) is 0 Å². The number of aryl methyl sites for hydroxylation is 1. The summed E-state index contributed by atoms with van der Waals surface area (Å²) < 4.78 is 0. The van der Waals surface area contributed by atoms with E-state index < -0.39 is 0 Å². The number of rotatable bonds is 7. The Balaban J connectivity index is 2.52. The van der Waals surface area contributed by atoms with E-state index in [2.05, 4.69) is 44.1 Å². The summed E-state index contributed by atoms with van der Waals surface area (Å²) in [5.41, 5.74) is 6.38. The summed E-state index contributed by atoms with van der Waals surface area (Å²) in [6, 6.07) is 10.1. The van der Waals surface area contributed by atoms with Gasteiger partial charge in [0.1, 0.15) is 0 Å². The lowest BCUT2D eigenvalue weighted by atomic mass is 9.95. The van der Waals surface area contributed by atoms with Gasteiger partial charge in [-0.15, -0.1) is 6.58 Å². The van der Waals surface area contributed by atoms with Gasteiger partial charge in [-0.1, -0.05) is 36.9 Å². The highest BCUT2D eigenvalue weighted by Gasteiger charge is 2.11. The molecule has 0 spiro atoms. The van der Waals surface area contributed by atoms with E-state index in [1.165, 1.54) is 5.57 Å². The molecule has 0 amide bonds. The first kappa shape index (κ1) is 17.6. The van der Waals surface area contributed by atoms with Crippen molar-refractivity contribution in [1.82, 2.24) is 4.98 Å². The van der Waals surface area contributed by atoms with Crippen molar-refractivity contribution in [2.75, 3.05) is 0 Å². The van der Waals surface area contributed by atoms with Gasteiger partial charge in [-0.25, -0.2) is 4.99 Å². The molecule has 0 unspecified atom stereocenters. The first-order valence-corrected chi connectivity index (χ1v) is 8.18. The monoisotopic (exact) mass is 316 g/mol. The normalized spacial score (nSPS) is 12.1. The minimum atomic E-state index is 0.861. The molecular formula is C22H24N2. The van der Waals surface area contributed by atoms with E-state index in [1.807, 2.05) is 42.6 Å². The first-order valence-electron chi connectivity index (χ1n) is 8.18. The highest BCUT2D eigenvalue weighted by Crippen LogP contribution is 2.26. The average Bonchev–Trinajstić information content (AvgIpc) is 2.62. The maximum Gasteiger partial charge on any atom is 0.0710 e. The number of hydrogen-bond donors (Lipinski definition) is 0. The highest BCUT2D eigenvalue weighted by molar-refractivity contribution is 6.12. The van der Waals surface area contributed by atoms with Crippen molar-refractivity contribution < 1.29 is 0 Å². The fourth-order valence-electron chi connectivity index (χ4n) is 2.60.